The lowest BCUT2D eigenvalue weighted by Gasteiger charge is -2.39. The third-order valence-corrected chi connectivity index (χ3v) is 8.25. The molecule has 0 aromatic heterocycles. The van der Waals surface area contributed by atoms with Gasteiger partial charge in [0.15, 0.2) is 0 Å². The maximum atomic E-state index is 4.01. The van der Waals surface area contributed by atoms with E-state index >= 15 is 0 Å². The van der Waals surface area contributed by atoms with Crippen molar-refractivity contribution in [3.8, 4) is 11.1 Å². The molecule has 0 amide bonds. The maximum Gasteiger partial charge on any atom is 0.0231 e. The van der Waals surface area contributed by atoms with Crippen molar-refractivity contribution < 1.29 is 0 Å². The summed E-state index contributed by atoms with van der Waals surface area (Å²) in [4.78, 5) is 0. The highest BCUT2D eigenvalue weighted by molar-refractivity contribution is 9.10. The number of hydrogen-bond acceptors (Lipinski definition) is 0. The van der Waals surface area contributed by atoms with E-state index in [1.54, 1.807) is 11.1 Å². The summed E-state index contributed by atoms with van der Waals surface area (Å²) in [6.07, 6.45) is 13.2. The van der Waals surface area contributed by atoms with Crippen LogP contribution < -0.4 is 0 Å². The Morgan fingerprint density at radius 1 is 0.733 bits per heavy atom. The molecule has 0 aliphatic heterocycles. The number of fused-ring (bicyclic) bond motifs is 3. The van der Waals surface area contributed by atoms with E-state index in [9.17, 15) is 0 Å². The van der Waals surface area contributed by atoms with Gasteiger partial charge in [-0.1, -0.05) is 131 Å². The predicted octanol–water partition coefficient (Wildman–Crippen LogP) is 9.93. The van der Waals surface area contributed by atoms with Crippen LogP contribution in [0.4, 0.5) is 0 Å². The van der Waals surface area contributed by atoms with Gasteiger partial charge < -0.3 is 0 Å². The first-order valence-electron chi connectivity index (χ1n) is 12.5. The highest BCUT2D eigenvalue weighted by Gasteiger charge is 2.46. The fourth-order valence-corrected chi connectivity index (χ4v) is 6.63. The first-order chi connectivity index (χ1) is 14.6. The van der Waals surface area contributed by atoms with Gasteiger partial charge >= 0.3 is 0 Å². The van der Waals surface area contributed by atoms with E-state index in [4.69, 9.17) is 0 Å². The second-order valence-electron chi connectivity index (χ2n) is 9.53. The molecule has 0 fully saturated rings. The standard InChI is InChI=1S/C29H41Br/c1-5-9-14-22(7-3)20-29(21-23(8-4)15-10-6-2)26-18-12-11-16-24(26)25-17-13-19-27(30)28(25)29/h11-13,16-19,22-23H,5-10,14-15,20-21H2,1-4H3. The van der Waals surface area contributed by atoms with Gasteiger partial charge in [0.1, 0.15) is 0 Å². The summed E-state index contributed by atoms with van der Waals surface area (Å²) in [6, 6.07) is 16.2. The van der Waals surface area contributed by atoms with Crippen molar-refractivity contribution >= 4 is 15.9 Å². The minimum Gasteiger partial charge on any atom is -0.0654 e. The summed E-state index contributed by atoms with van der Waals surface area (Å²) in [5, 5.41) is 0. The zero-order valence-electron chi connectivity index (χ0n) is 19.6. The van der Waals surface area contributed by atoms with Gasteiger partial charge in [0.2, 0.25) is 0 Å². The molecule has 2 atom stereocenters. The molecule has 1 heteroatoms. The molecule has 0 nitrogen and oxygen atoms in total. The van der Waals surface area contributed by atoms with Crippen molar-refractivity contribution in [2.45, 2.75) is 97.3 Å². The van der Waals surface area contributed by atoms with Crippen LogP contribution in [0.2, 0.25) is 0 Å². The van der Waals surface area contributed by atoms with Crippen LogP contribution in [-0.4, -0.2) is 0 Å². The summed E-state index contributed by atoms with van der Waals surface area (Å²) in [6.45, 7) is 9.47. The first kappa shape index (κ1) is 23.6. The predicted molar refractivity (Wildman–Crippen MR) is 136 cm³/mol. The molecule has 164 valence electrons. The van der Waals surface area contributed by atoms with Crippen LogP contribution in [0, 0.1) is 11.8 Å². The lowest BCUT2D eigenvalue weighted by molar-refractivity contribution is 0.265. The Bertz CT molecular complexity index is 788. The zero-order chi connectivity index (χ0) is 21.6. The lowest BCUT2D eigenvalue weighted by Crippen LogP contribution is -2.32. The van der Waals surface area contributed by atoms with Gasteiger partial charge in [-0.05, 0) is 53.0 Å². The number of hydrogen-bond donors (Lipinski definition) is 0. The molecule has 0 saturated carbocycles. The third-order valence-electron chi connectivity index (χ3n) is 7.59. The molecule has 0 heterocycles. The van der Waals surface area contributed by atoms with Gasteiger partial charge in [-0.2, -0.15) is 0 Å². The molecule has 3 rings (SSSR count). The van der Waals surface area contributed by atoms with E-state index in [0.29, 0.717) is 0 Å². The quantitative estimate of drug-likeness (QED) is 0.290. The SMILES string of the molecule is CCCCC(CC)CC1(CC(CC)CCCC)c2ccccc2-c2cccc(Br)c21. The molecule has 0 spiro atoms. The molecule has 2 unspecified atom stereocenters. The zero-order valence-corrected chi connectivity index (χ0v) is 21.2. The van der Waals surface area contributed by atoms with E-state index in [2.05, 4.69) is 86.1 Å². The topological polar surface area (TPSA) is 0 Å². The summed E-state index contributed by atoms with van der Waals surface area (Å²) in [7, 11) is 0. The Morgan fingerprint density at radius 3 is 1.87 bits per heavy atom. The Balaban J connectivity index is 2.13. The molecule has 30 heavy (non-hydrogen) atoms. The fraction of sp³-hybridized carbons (Fsp3) is 0.586. The number of halogens is 1. The Morgan fingerprint density at radius 2 is 1.30 bits per heavy atom. The molecule has 0 bridgehead atoms. The molecule has 0 radical (unpaired) electrons. The van der Waals surface area contributed by atoms with Crippen molar-refractivity contribution in [3.05, 3.63) is 58.1 Å². The van der Waals surface area contributed by atoms with E-state index < -0.39 is 0 Å². The summed E-state index contributed by atoms with van der Waals surface area (Å²) >= 11 is 4.01. The molecular weight excluding hydrogens is 428 g/mol. The van der Waals surface area contributed by atoms with Crippen LogP contribution in [-0.2, 0) is 5.41 Å². The van der Waals surface area contributed by atoms with Gasteiger partial charge in [0.25, 0.3) is 0 Å². The van der Waals surface area contributed by atoms with Gasteiger partial charge in [-0.3, -0.25) is 0 Å². The second-order valence-corrected chi connectivity index (χ2v) is 10.4. The summed E-state index contributed by atoms with van der Waals surface area (Å²) in [5.74, 6) is 1.58. The van der Waals surface area contributed by atoms with Crippen LogP contribution in [0.1, 0.15) is 103 Å². The molecule has 1 aliphatic carbocycles. The van der Waals surface area contributed by atoms with E-state index in [-0.39, 0.29) is 5.41 Å². The third kappa shape index (κ3) is 4.72. The van der Waals surface area contributed by atoms with Crippen molar-refractivity contribution in [2.75, 3.05) is 0 Å². The monoisotopic (exact) mass is 468 g/mol. The molecular formula is C29H41Br. The van der Waals surface area contributed by atoms with E-state index in [1.165, 1.54) is 79.8 Å². The Labute approximate surface area is 194 Å². The molecule has 2 aromatic rings. The van der Waals surface area contributed by atoms with Crippen LogP contribution in [0.5, 0.6) is 0 Å². The minimum atomic E-state index is 0.148. The largest absolute Gasteiger partial charge is 0.0654 e. The van der Waals surface area contributed by atoms with Gasteiger partial charge in [0, 0.05) is 9.89 Å². The number of rotatable bonds is 12. The minimum absolute atomic E-state index is 0.148. The smallest absolute Gasteiger partial charge is 0.0231 e. The lowest BCUT2D eigenvalue weighted by atomic mass is 9.65. The van der Waals surface area contributed by atoms with Crippen LogP contribution in [0.25, 0.3) is 11.1 Å². The first-order valence-corrected chi connectivity index (χ1v) is 13.3. The Hall–Kier alpha value is -1.08. The van der Waals surface area contributed by atoms with Crippen molar-refractivity contribution in [3.63, 3.8) is 0 Å². The highest BCUT2D eigenvalue weighted by Crippen LogP contribution is 2.58. The van der Waals surface area contributed by atoms with Crippen LogP contribution in [0.15, 0.2) is 46.9 Å². The second kappa shape index (κ2) is 11.0. The molecule has 0 N–H and O–H groups in total. The van der Waals surface area contributed by atoms with Crippen molar-refractivity contribution in [1.29, 1.82) is 0 Å². The van der Waals surface area contributed by atoms with Crippen molar-refractivity contribution in [1.82, 2.24) is 0 Å². The molecule has 1 aliphatic rings. The average molecular weight is 470 g/mol. The maximum absolute atomic E-state index is 4.01. The van der Waals surface area contributed by atoms with Crippen LogP contribution in [0.3, 0.4) is 0 Å². The van der Waals surface area contributed by atoms with Crippen molar-refractivity contribution in [2.24, 2.45) is 11.8 Å². The summed E-state index contributed by atoms with van der Waals surface area (Å²) in [5.41, 5.74) is 6.27. The van der Waals surface area contributed by atoms with E-state index in [0.717, 1.165) is 11.8 Å². The average Bonchev–Trinajstić information content (AvgIpc) is 3.05. The molecule has 0 saturated heterocycles. The van der Waals surface area contributed by atoms with Gasteiger partial charge in [-0.25, -0.2) is 0 Å². The fourth-order valence-electron chi connectivity index (χ4n) is 5.88. The number of benzene rings is 2. The van der Waals surface area contributed by atoms with Crippen LogP contribution >= 0.6 is 15.9 Å². The van der Waals surface area contributed by atoms with Gasteiger partial charge in [0.05, 0.1) is 0 Å². The molecule has 2 aromatic carbocycles. The Kier molecular flexibility index (Phi) is 8.63. The normalized spacial score (nSPS) is 19.4. The summed E-state index contributed by atoms with van der Waals surface area (Å²) < 4.78 is 1.31. The van der Waals surface area contributed by atoms with Gasteiger partial charge in [-0.15, -0.1) is 0 Å². The number of unbranched alkanes of at least 4 members (excludes halogenated alkanes) is 2. The van der Waals surface area contributed by atoms with E-state index in [1.807, 2.05) is 0 Å². The highest BCUT2D eigenvalue weighted by atomic mass is 79.9.